The van der Waals surface area contributed by atoms with E-state index in [1.807, 2.05) is 21.7 Å². The topological polar surface area (TPSA) is 23.1 Å². The molecule has 0 rings (SSSR count). The summed E-state index contributed by atoms with van der Waals surface area (Å²) in [7, 11) is 0. The maximum atomic E-state index is 8.93. The molecule has 0 bridgehead atoms. The van der Waals surface area contributed by atoms with Crippen molar-refractivity contribution in [3.63, 3.8) is 0 Å². The van der Waals surface area contributed by atoms with Crippen LogP contribution in [0.3, 0.4) is 0 Å². The summed E-state index contributed by atoms with van der Waals surface area (Å²) in [4.78, 5) is 0. The first kappa shape index (κ1) is 10.7. The van der Waals surface area contributed by atoms with Gasteiger partial charge in [0.25, 0.3) is 0 Å². The maximum Gasteiger partial charge on any atom is -0.0809 e. The average Bonchev–Trinajstić information content (AvgIpc) is 1.69. The fourth-order valence-electron chi connectivity index (χ4n) is 0. The molecule has 0 saturated heterocycles. The Balaban J connectivity index is 0. The SMILES string of the molecule is CC[CH2][Mg+].CC[O-]. The average molecular weight is 112 g/mol. The van der Waals surface area contributed by atoms with Crippen molar-refractivity contribution in [2.45, 2.75) is 24.8 Å². The van der Waals surface area contributed by atoms with Crippen molar-refractivity contribution in [3.05, 3.63) is 0 Å². The number of hydrogen-bond acceptors (Lipinski definition) is 1. The molecule has 0 aromatic heterocycles. The van der Waals surface area contributed by atoms with Crippen LogP contribution in [0, 0.1) is 0 Å². The molecule has 0 heterocycles. The molecule has 0 spiro atoms. The van der Waals surface area contributed by atoms with Crippen molar-refractivity contribution in [2.24, 2.45) is 0 Å². The monoisotopic (exact) mass is 112 g/mol. The maximum absolute atomic E-state index is 8.93. The van der Waals surface area contributed by atoms with E-state index < -0.39 is 0 Å². The molecule has 1 nitrogen and oxygen atoms in total. The fourth-order valence-corrected chi connectivity index (χ4v) is 0. The van der Waals surface area contributed by atoms with Crippen LogP contribution in [0.15, 0.2) is 0 Å². The van der Waals surface area contributed by atoms with Gasteiger partial charge in [0.1, 0.15) is 0 Å². The standard InChI is InChI=1S/C3H7.C2H5O.Mg/c1-3-2;1-2-3;/h1,3H2,2H3;2H2,1H3;/q;-1;+1. The predicted octanol–water partition coefficient (Wildman–Crippen LogP) is 0.350. The quantitative estimate of drug-likeness (QED) is 0.449. The van der Waals surface area contributed by atoms with Crippen LogP contribution in [0.25, 0.3) is 0 Å². The van der Waals surface area contributed by atoms with E-state index >= 15 is 0 Å². The van der Waals surface area contributed by atoms with E-state index in [1.165, 1.54) is 11.0 Å². The van der Waals surface area contributed by atoms with Gasteiger partial charge in [-0.15, -0.1) is 6.61 Å². The van der Waals surface area contributed by atoms with Gasteiger partial charge < -0.3 is 5.11 Å². The molecular formula is C5H12MgO. The second kappa shape index (κ2) is 15.9. The third kappa shape index (κ3) is 50.4. The third-order valence-corrected chi connectivity index (χ3v) is 1.06. The van der Waals surface area contributed by atoms with Crippen LogP contribution in [0.1, 0.15) is 20.3 Å². The van der Waals surface area contributed by atoms with Crippen LogP contribution in [-0.2, 0) is 0 Å². The van der Waals surface area contributed by atoms with Gasteiger partial charge in [-0.3, -0.25) is 0 Å². The Morgan fingerprint density at radius 2 is 1.57 bits per heavy atom. The summed E-state index contributed by atoms with van der Waals surface area (Å²) in [6.45, 7) is 3.76. The molecule has 0 aliphatic carbocycles. The van der Waals surface area contributed by atoms with Crippen molar-refractivity contribution >= 4 is 21.7 Å². The minimum Gasteiger partial charge on any atom is -0.855 e. The molecule has 7 heavy (non-hydrogen) atoms. The molecule has 0 aliphatic heterocycles. The summed E-state index contributed by atoms with van der Waals surface area (Å²) in [6.07, 6.45) is 1.33. The van der Waals surface area contributed by atoms with E-state index in [2.05, 4.69) is 6.92 Å². The zero-order valence-electron chi connectivity index (χ0n) is 5.24. The summed E-state index contributed by atoms with van der Waals surface area (Å²) in [5.41, 5.74) is 0. The number of hydrogen-bond donors (Lipinski definition) is 0. The van der Waals surface area contributed by atoms with Gasteiger partial charge in [0.05, 0.1) is 0 Å². The van der Waals surface area contributed by atoms with Crippen molar-refractivity contribution in [1.82, 2.24) is 0 Å². The van der Waals surface area contributed by atoms with Gasteiger partial charge in [-0.05, 0) is 0 Å². The Hall–Kier alpha value is 0.726. The molecule has 40 valence electrons. The summed E-state index contributed by atoms with van der Waals surface area (Å²) >= 11 is 2.02. The van der Waals surface area contributed by atoms with E-state index in [-0.39, 0.29) is 6.61 Å². The summed E-state index contributed by atoms with van der Waals surface area (Å²) in [6, 6.07) is 0. The van der Waals surface area contributed by atoms with Gasteiger partial charge in [-0.2, -0.15) is 0 Å². The van der Waals surface area contributed by atoms with Gasteiger partial charge in [-0.1, -0.05) is 6.92 Å². The van der Waals surface area contributed by atoms with Gasteiger partial charge in [0, 0.05) is 0 Å². The second-order valence-corrected chi connectivity index (χ2v) is 1.85. The molecular weight excluding hydrogens is 100 g/mol. The first-order valence-electron chi connectivity index (χ1n) is 2.70. The van der Waals surface area contributed by atoms with Gasteiger partial charge in [0.15, 0.2) is 0 Å². The molecule has 0 aromatic carbocycles. The minimum atomic E-state index is 0. The van der Waals surface area contributed by atoms with Crippen LogP contribution in [0.5, 0.6) is 0 Å². The molecule has 2 heteroatoms. The molecule has 0 unspecified atom stereocenters. The smallest absolute Gasteiger partial charge is 0.0809 e. The first-order valence-corrected chi connectivity index (χ1v) is 3.70. The predicted molar refractivity (Wildman–Crippen MR) is 31.4 cm³/mol. The Kier molecular flexibility index (Phi) is 24.2. The van der Waals surface area contributed by atoms with E-state index in [1.54, 1.807) is 6.92 Å². The molecule has 0 aliphatic rings. The summed E-state index contributed by atoms with van der Waals surface area (Å²) in [5, 5.41) is 8.93. The Bertz CT molecular complexity index is 15.6. The Morgan fingerprint density at radius 3 is 1.57 bits per heavy atom. The van der Waals surface area contributed by atoms with E-state index in [0.717, 1.165) is 0 Å². The van der Waals surface area contributed by atoms with Gasteiger partial charge in [-0.25, -0.2) is 0 Å². The zero-order valence-corrected chi connectivity index (χ0v) is 6.65. The summed E-state index contributed by atoms with van der Waals surface area (Å²) in [5.74, 6) is 0. The summed E-state index contributed by atoms with van der Waals surface area (Å²) < 4.78 is 1.35. The fraction of sp³-hybridized carbons (Fsp3) is 1.00. The largest absolute Gasteiger partial charge is 0.855 e. The van der Waals surface area contributed by atoms with Crippen molar-refractivity contribution < 1.29 is 5.11 Å². The van der Waals surface area contributed by atoms with Crippen LogP contribution in [0.2, 0.25) is 4.55 Å². The molecule has 0 atom stereocenters. The van der Waals surface area contributed by atoms with Crippen molar-refractivity contribution in [3.8, 4) is 0 Å². The molecule has 0 N–H and O–H groups in total. The van der Waals surface area contributed by atoms with Crippen LogP contribution >= 0.6 is 0 Å². The zero-order chi connectivity index (χ0) is 6.12. The molecule has 0 fully saturated rings. The van der Waals surface area contributed by atoms with E-state index in [9.17, 15) is 0 Å². The van der Waals surface area contributed by atoms with Crippen LogP contribution in [0.4, 0.5) is 0 Å². The van der Waals surface area contributed by atoms with Gasteiger partial charge >= 0.3 is 39.6 Å². The second-order valence-electron chi connectivity index (χ2n) is 1.14. The van der Waals surface area contributed by atoms with E-state index in [4.69, 9.17) is 5.11 Å². The van der Waals surface area contributed by atoms with Crippen molar-refractivity contribution in [2.75, 3.05) is 6.61 Å². The Labute approximate surface area is 58.6 Å². The normalized spacial score (nSPS) is 7.00. The molecule has 0 radical (unpaired) electrons. The Morgan fingerprint density at radius 1 is 1.43 bits per heavy atom. The number of rotatable bonds is 1. The van der Waals surface area contributed by atoms with Crippen molar-refractivity contribution in [1.29, 1.82) is 0 Å². The minimum absolute atomic E-state index is 0. The van der Waals surface area contributed by atoms with E-state index in [0.29, 0.717) is 0 Å². The first-order chi connectivity index (χ1) is 3.33. The molecule has 0 amide bonds. The third-order valence-electron chi connectivity index (χ3n) is 0.354. The van der Waals surface area contributed by atoms with Gasteiger partial charge in [0.2, 0.25) is 0 Å². The molecule has 0 aromatic rings. The van der Waals surface area contributed by atoms with Crippen LogP contribution in [-0.4, -0.2) is 28.3 Å². The van der Waals surface area contributed by atoms with Crippen LogP contribution < -0.4 is 5.11 Å². The molecule has 0 saturated carbocycles.